The number of aliphatic hydroxyl groups is 3. The fraction of sp³-hybridized carbons (Fsp3) is 0.381. The van der Waals surface area contributed by atoms with Crippen molar-refractivity contribution in [1.29, 1.82) is 0 Å². The first kappa shape index (κ1) is 25.1. The van der Waals surface area contributed by atoms with Gasteiger partial charge in [-0.25, -0.2) is 0 Å². The van der Waals surface area contributed by atoms with Crippen LogP contribution in [0.3, 0.4) is 0 Å². The van der Waals surface area contributed by atoms with Gasteiger partial charge in [-0.3, -0.25) is 23.8 Å². The van der Waals surface area contributed by atoms with Gasteiger partial charge >= 0.3 is 0 Å². The standard InChI is InChI=1S/C21H21ClN2O10S/c1-24(2)14-8-4-6-3-7-9(22)5-10(35(32,33)34)15(25)12(7)16(26)11(6)18(28)21(8,31)19(29)13(17(14)27)20(23)30/h5-6,8,14,25-26,29,31H,3-4H2,1-2H3,(H2,23,30)(H,32,33,34)/t6-,8-,14-,21-/m0/s1. The number of Topliss-reactive ketones (excluding diaryl/α,β-unsaturated/α-hetero) is 2. The molecule has 188 valence electrons. The maximum atomic E-state index is 13.6. The highest BCUT2D eigenvalue weighted by atomic mass is 35.5. The SMILES string of the molecule is CN(C)[C@@H]1C(=O)C(C(N)=O)=C(O)[C@@]2(O)C(=O)C3=C(O)c4c(O)c(S(=O)(=O)O)cc(Cl)c4C[C@H]3C[C@@H]12. The summed E-state index contributed by atoms with van der Waals surface area (Å²) in [7, 11) is -2.04. The average molecular weight is 529 g/mol. The molecular formula is C21H21ClN2O10S. The quantitative estimate of drug-likeness (QED) is 0.224. The van der Waals surface area contributed by atoms with Crippen molar-refractivity contribution in [3.05, 3.63) is 39.1 Å². The Balaban J connectivity index is 2.02. The predicted octanol–water partition coefficient (Wildman–Crippen LogP) is -0.136. The van der Waals surface area contributed by atoms with Crippen molar-refractivity contribution in [2.75, 3.05) is 14.1 Å². The molecule has 1 aromatic rings. The van der Waals surface area contributed by atoms with E-state index < -0.39 is 89.9 Å². The largest absolute Gasteiger partial charge is 0.508 e. The van der Waals surface area contributed by atoms with E-state index in [9.17, 15) is 47.8 Å². The van der Waals surface area contributed by atoms with Crippen LogP contribution in [-0.2, 0) is 30.9 Å². The molecule has 0 unspecified atom stereocenters. The molecule has 1 saturated carbocycles. The number of phenols is 1. The minimum absolute atomic E-state index is 0.0715. The number of nitrogens with zero attached hydrogens (tertiary/aromatic N) is 1. The second kappa shape index (κ2) is 7.77. The smallest absolute Gasteiger partial charge is 0.298 e. The number of benzene rings is 1. The number of fused-ring (bicyclic) bond motifs is 3. The van der Waals surface area contributed by atoms with Gasteiger partial charge < -0.3 is 26.2 Å². The first-order valence-corrected chi connectivity index (χ1v) is 12.0. The molecule has 14 heteroatoms. The number of carbonyl (C=O) groups excluding carboxylic acids is 3. The number of amides is 1. The number of ketones is 2. The molecule has 35 heavy (non-hydrogen) atoms. The number of carbonyl (C=O) groups is 3. The van der Waals surface area contributed by atoms with Gasteiger partial charge in [0.1, 0.15) is 27.7 Å². The summed E-state index contributed by atoms with van der Waals surface area (Å²) >= 11 is 6.19. The van der Waals surface area contributed by atoms with Crippen molar-refractivity contribution >= 4 is 45.0 Å². The first-order valence-electron chi connectivity index (χ1n) is 10.2. The van der Waals surface area contributed by atoms with Gasteiger partial charge in [-0.15, -0.1) is 0 Å². The topological polar surface area (TPSA) is 216 Å². The molecule has 4 rings (SSSR count). The molecule has 0 saturated heterocycles. The Morgan fingerprint density at radius 3 is 2.34 bits per heavy atom. The molecule has 1 aromatic carbocycles. The maximum absolute atomic E-state index is 13.6. The van der Waals surface area contributed by atoms with Crippen LogP contribution in [0.25, 0.3) is 5.76 Å². The van der Waals surface area contributed by atoms with E-state index in [1.165, 1.54) is 19.0 Å². The van der Waals surface area contributed by atoms with Gasteiger partial charge in [-0.2, -0.15) is 8.42 Å². The molecule has 0 aromatic heterocycles. The first-order chi connectivity index (χ1) is 16.0. The molecule has 0 spiro atoms. The molecule has 7 N–H and O–H groups in total. The van der Waals surface area contributed by atoms with Crippen LogP contribution in [0.15, 0.2) is 27.9 Å². The van der Waals surface area contributed by atoms with E-state index in [1.54, 1.807) is 0 Å². The minimum Gasteiger partial charge on any atom is -0.508 e. The van der Waals surface area contributed by atoms with Crippen molar-refractivity contribution in [1.82, 2.24) is 4.90 Å². The number of aliphatic hydroxyl groups excluding tert-OH is 2. The Morgan fingerprint density at radius 2 is 1.83 bits per heavy atom. The molecule has 3 aliphatic carbocycles. The summed E-state index contributed by atoms with van der Waals surface area (Å²) < 4.78 is 32.8. The van der Waals surface area contributed by atoms with Gasteiger partial charge in [-0.05, 0) is 44.5 Å². The zero-order valence-electron chi connectivity index (χ0n) is 18.3. The number of primary amides is 1. The predicted molar refractivity (Wildman–Crippen MR) is 119 cm³/mol. The van der Waals surface area contributed by atoms with Crippen LogP contribution in [0.5, 0.6) is 5.75 Å². The molecule has 3 aliphatic rings. The van der Waals surface area contributed by atoms with Gasteiger partial charge in [0.15, 0.2) is 11.4 Å². The van der Waals surface area contributed by atoms with Gasteiger partial charge in [0.2, 0.25) is 5.78 Å². The molecule has 1 fully saturated rings. The lowest BCUT2D eigenvalue weighted by atomic mass is 9.57. The Morgan fingerprint density at radius 1 is 1.23 bits per heavy atom. The van der Waals surface area contributed by atoms with Crippen LogP contribution in [0.2, 0.25) is 5.02 Å². The van der Waals surface area contributed by atoms with E-state index in [-0.39, 0.29) is 23.4 Å². The molecule has 0 bridgehead atoms. The molecule has 4 atom stereocenters. The molecule has 12 nitrogen and oxygen atoms in total. The number of hydrogen-bond acceptors (Lipinski definition) is 10. The van der Waals surface area contributed by atoms with E-state index in [1.807, 2.05) is 0 Å². The number of rotatable bonds is 3. The molecule has 0 radical (unpaired) electrons. The van der Waals surface area contributed by atoms with E-state index in [0.717, 1.165) is 6.07 Å². The highest BCUT2D eigenvalue weighted by Gasteiger charge is 2.64. The van der Waals surface area contributed by atoms with Crippen molar-refractivity contribution in [2.45, 2.75) is 29.4 Å². The number of phenolic OH excluding ortho intramolecular Hbond substituents is 1. The molecular weight excluding hydrogens is 508 g/mol. The number of nitrogens with two attached hydrogens (primary N) is 1. The maximum Gasteiger partial charge on any atom is 0.298 e. The van der Waals surface area contributed by atoms with Gasteiger partial charge in [0.05, 0.1) is 11.6 Å². The second-order valence-corrected chi connectivity index (χ2v) is 10.8. The van der Waals surface area contributed by atoms with Crippen LogP contribution in [0, 0.1) is 11.8 Å². The van der Waals surface area contributed by atoms with Crippen molar-refractivity contribution in [3.8, 4) is 5.75 Å². The van der Waals surface area contributed by atoms with Crippen LogP contribution >= 0.6 is 11.6 Å². The molecule has 0 aliphatic heterocycles. The van der Waals surface area contributed by atoms with E-state index in [2.05, 4.69) is 0 Å². The third kappa shape index (κ3) is 3.30. The van der Waals surface area contributed by atoms with E-state index in [4.69, 9.17) is 17.3 Å². The fourth-order valence-electron chi connectivity index (χ4n) is 5.44. The summed E-state index contributed by atoms with van der Waals surface area (Å²) in [6.07, 6.45) is -0.268. The van der Waals surface area contributed by atoms with Crippen molar-refractivity contribution in [2.24, 2.45) is 17.6 Å². The monoisotopic (exact) mass is 528 g/mol. The van der Waals surface area contributed by atoms with Crippen molar-refractivity contribution < 1.29 is 47.8 Å². The Kier molecular flexibility index (Phi) is 5.58. The third-order valence-electron chi connectivity index (χ3n) is 6.91. The van der Waals surface area contributed by atoms with Crippen LogP contribution in [-0.4, -0.2) is 81.5 Å². The summed E-state index contributed by atoms with van der Waals surface area (Å²) in [5, 5.41) is 43.5. The van der Waals surface area contributed by atoms with Gasteiger partial charge in [-0.1, -0.05) is 11.6 Å². The number of aromatic hydroxyl groups is 1. The summed E-state index contributed by atoms with van der Waals surface area (Å²) in [6.45, 7) is 0. The van der Waals surface area contributed by atoms with Crippen LogP contribution < -0.4 is 5.73 Å². The normalized spacial score (nSPS) is 28.7. The van der Waals surface area contributed by atoms with Crippen molar-refractivity contribution in [3.63, 3.8) is 0 Å². The Hall–Kier alpha value is -2.97. The average Bonchev–Trinajstić information content (AvgIpc) is 2.71. The Labute approximate surface area is 203 Å². The molecule has 0 heterocycles. The van der Waals surface area contributed by atoms with E-state index >= 15 is 0 Å². The number of hydrogen-bond donors (Lipinski definition) is 6. The number of halogens is 1. The third-order valence-corrected chi connectivity index (χ3v) is 8.11. The summed E-state index contributed by atoms with van der Waals surface area (Å²) in [6, 6.07) is -0.441. The highest BCUT2D eigenvalue weighted by molar-refractivity contribution is 7.86. The summed E-state index contributed by atoms with van der Waals surface area (Å²) in [4.78, 5) is 38.9. The number of likely N-dealkylation sites (N-methyl/N-ethyl adjacent to an activating group) is 1. The zero-order chi connectivity index (χ0) is 26.4. The molecule has 1 amide bonds. The lowest BCUT2D eigenvalue weighted by Gasteiger charge is -2.50. The lowest BCUT2D eigenvalue weighted by Crippen LogP contribution is -2.65. The van der Waals surface area contributed by atoms with Gasteiger partial charge in [0, 0.05) is 16.5 Å². The summed E-state index contributed by atoms with van der Waals surface area (Å²) in [5.41, 5.74) is 0.519. The van der Waals surface area contributed by atoms with Crippen LogP contribution in [0.1, 0.15) is 17.5 Å². The van der Waals surface area contributed by atoms with E-state index in [0.29, 0.717) is 0 Å². The minimum atomic E-state index is -4.98. The van der Waals surface area contributed by atoms with Crippen LogP contribution in [0.4, 0.5) is 0 Å². The highest BCUT2D eigenvalue weighted by Crippen LogP contribution is 2.54. The zero-order valence-corrected chi connectivity index (χ0v) is 19.9. The fourth-order valence-corrected chi connectivity index (χ4v) is 6.40. The Bertz CT molecular complexity index is 1400. The van der Waals surface area contributed by atoms with Gasteiger partial charge in [0.25, 0.3) is 16.0 Å². The lowest BCUT2D eigenvalue weighted by molar-refractivity contribution is -0.153. The second-order valence-electron chi connectivity index (χ2n) is 9.00. The summed E-state index contributed by atoms with van der Waals surface area (Å²) in [5.74, 6) is -8.88.